The van der Waals surface area contributed by atoms with Gasteiger partial charge in [-0.3, -0.25) is 9.59 Å². The summed E-state index contributed by atoms with van der Waals surface area (Å²) in [5.74, 6) is 0.861. The van der Waals surface area contributed by atoms with E-state index < -0.39 is 0 Å². The molecule has 100 valence electrons. The van der Waals surface area contributed by atoms with E-state index in [4.69, 9.17) is 4.74 Å². The van der Waals surface area contributed by atoms with Gasteiger partial charge in [-0.05, 0) is 32.1 Å². The Kier molecular flexibility index (Phi) is 3.01. The monoisotopic (exact) mass is 252 g/mol. The molecule has 0 aromatic rings. The highest BCUT2D eigenvalue weighted by atomic mass is 16.5. The molecule has 3 aliphatic rings. The number of ether oxygens (including phenoxy) is 1. The fourth-order valence-electron chi connectivity index (χ4n) is 2.85. The van der Waals surface area contributed by atoms with Crippen LogP contribution >= 0.6 is 0 Å². The Morgan fingerprint density at radius 3 is 2.72 bits per heavy atom. The summed E-state index contributed by atoms with van der Waals surface area (Å²) in [6.07, 6.45) is 3.11. The molecule has 1 N–H and O–H groups in total. The molecule has 18 heavy (non-hydrogen) atoms. The van der Waals surface area contributed by atoms with E-state index in [2.05, 4.69) is 5.32 Å². The molecule has 5 heteroatoms. The summed E-state index contributed by atoms with van der Waals surface area (Å²) >= 11 is 0. The average molecular weight is 252 g/mol. The first kappa shape index (κ1) is 12.0. The zero-order chi connectivity index (χ0) is 12.7. The molecule has 0 spiro atoms. The zero-order valence-electron chi connectivity index (χ0n) is 10.7. The number of carbonyl (C=O) groups is 2. The number of nitrogens with zero attached hydrogens (tertiary/aromatic N) is 1. The molecular formula is C13H20N2O3. The third kappa shape index (κ3) is 2.11. The summed E-state index contributed by atoms with van der Waals surface area (Å²) < 4.78 is 5.34. The number of hydrogen-bond acceptors (Lipinski definition) is 3. The zero-order valence-corrected chi connectivity index (χ0v) is 10.7. The van der Waals surface area contributed by atoms with Crippen molar-refractivity contribution in [3.8, 4) is 0 Å². The summed E-state index contributed by atoms with van der Waals surface area (Å²) in [5.41, 5.74) is 0. The van der Waals surface area contributed by atoms with Crippen LogP contribution in [0.3, 0.4) is 0 Å². The van der Waals surface area contributed by atoms with Gasteiger partial charge in [0.15, 0.2) is 0 Å². The Bertz CT molecular complexity index is 361. The van der Waals surface area contributed by atoms with Crippen molar-refractivity contribution in [2.75, 3.05) is 19.8 Å². The second-order valence-electron chi connectivity index (χ2n) is 5.72. The maximum atomic E-state index is 12.4. The molecule has 0 bridgehead atoms. The van der Waals surface area contributed by atoms with Gasteiger partial charge in [-0.1, -0.05) is 0 Å². The van der Waals surface area contributed by atoms with Gasteiger partial charge in [0, 0.05) is 19.1 Å². The van der Waals surface area contributed by atoms with Crippen LogP contribution in [0.1, 0.15) is 26.2 Å². The van der Waals surface area contributed by atoms with E-state index in [-0.39, 0.29) is 23.9 Å². The molecule has 0 aromatic heterocycles. The van der Waals surface area contributed by atoms with Crippen molar-refractivity contribution >= 4 is 11.8 Å². The number of hydrogen-bond donors (Lipinski definition) is 1. The molecule has 3 fully saturated rings. The van der Waals surface area contributed by atoms with E-state index in [0.29, 0.717) is 25.0 Å². The summed E-state index contributed by atoms with van der Waals surface area (Å²) in [6, 6.07) is -0.607. The van der Waals surface area contributed by atoms with E-state index in [0.717, 1.165) is 25.9 Å². The fourth-order valence-corrected chi connectivity index (χ4v) is 2.85. The maximum absolute atomic E-state index is 12.4. The molecule has 1 aliphatic carbocycles. The lowest BCUT2D eigenvalue weighted by Crippen LogP contribution is -2.63. The van der Waals surface area contributed by atoms with Crippen molar-refractivity contribution < 1.29 is 14.3 Å². The van der Waals surface area contributed by atoms with Crippen molar-refractivity contribution in [3.05, 3.63) is 0 Å². The molecule has 3 atom stereocenters. The van der Waals surface area contributed by atoms with Crippen LogP contribution in [-0.2, 0) is 14.3 Å². The Labute approximate surface area is 107 Å². The van der Waals surface area contributed by atoms with Gasteiger partial charge >= 0.3 is 0 Å². The van der Waals surface area contributed by atoms with Crippen LogP contribution in [0.15, 0.2) is 0 Å². The van der Waals surface area contributed by atoms with E-state index in [1.54, 1.807) is 4.90 Å². The van der Waals surface area contributed by atoms with Crippen molar-refractivity contribution in [2.24, 2.45) is 11.8 Å². The van der Waals surface area contributed by atoms with Crippen LogP contribution in [0.5, 0.6) is 0 Å². The summed E-state index contributed by atoms with van der Waals surface area (Å²) in [5, 5.41) is 2.87. The minimum Gasteiger partial charge on any atom is -0.381 e. The lowest BCUT2D eigenvalue weighted by molar-refractivity contribution is -0.150. The van der Waals surface area contributed by atoms with Crippen LogP contribution in [-0.4, -0.2) is 48.6 Å². The van der Waals surface area contributed by atoms with Gasteiger partial charge in [-0.15, -0.1) is 0 Å². The second-order valence-corrected chi connectivity index (χ2v) is 5.72. The lowest BCUT2D eigenvalue weighted by Gasteiger charge is -2.38. The third-order valence-corrected chi connectivity index (χ3v) is 4.27. The topological polar surface area (TPSA) is 58.6 Å². The Hall–Kier alpha value is -1.10. The quantitative estimate of drug-likeness (QED) is 0.778. The molecule has 3 rings (SSSR count). The van der Waals surface area contributed by atoms with Crippen LogP contribution in [0, 0.1) is 11.8 Å². The van der Waals surface area contributed by atoms with Crippen molar-refractivity contribution in [1.82, 2.24) is 10.2 Å². The van der Waals surface area contributed by atoms with Gasteiger partial charge in [0.05, 0.1) is 6.61 Å². The second kappa shape index (κ2) is 4.53. The highest BCUT2D eigenvalue weighted by Crippen LogP contribution is 2.35. The SMILES string of the molecule is CC1C(=O)NC(C2CC2)C(=O)N1CC1CCOC1. The molecule has 2 aliphatic heterocycles. The smallest absolute Gasteiger partial charge is 0.246 e. The molecule has 5 nitrogen and oxygen atoms in total. The van der Waals surface area contributed by atoms with E-state index in [1.165, 1.54) is 0 Å². The van der Waals surface area contributed by atoms with Gasteiger partial charge in [0.25, 0.3) is 0 Å². The van der Waals surface area contributed by atoms with Gasteiger partial charge in [-0.25, -0.2) is 0 Å². The summed E-state index contributed by atoms with van der Waals surface area (Å²) in [7, 11) is 0. The highest BCUT2D eigenvalue weighted by molar-refractivity contribution is 5.97. The molecule has 1 saturated carbocycles. The van der Waals surface area contributed by atoms with Crippen molar-refractivity contribution in [2.45, 2.75) is 38.3 Å². The Morgan fingerprint density at radius 2 is 2.11 bits per heavy atom. The molecule has 3 unspecified atom stereocenters. The molecule has 2 saturated heterocycles. The Balaban J connectivity index is 1.71. The minimum absolute atomic E-state index is 0.00887. The number of carbonyl (C=O) groups excluding carboxylic acids is 2. The first-order valence-electron chi connectivity index (χ1n) is 6.85. The number of amides is 2. The molecular weight excluding hydrogens is 232 g/mol. The third-order valence-electron chi connectivity index (χ3n) is 4.27. The summed E-state index contributed by atoms with van der Waals surface area (Å²) in [6.45, 7) is 3.97. The first-order valence-corrected chi connectivity index (χ1v) is 6.85. The fraction of sp³-hybridized carbons (Fsp3) is 0.846. The van der Waals surface area contributed by atoms with E-state index >= 15 is 0 Å². The van der Waals surface area contributed by atoms with Crippen LogP contribution < -0.4 is 5.32 Å². The highest BCUT2D eigenvalue weighted by Gasteiger charge is 2.45. The Morgan fingerprint density at radius 1 is 1.33 bits per heavy atom. The largest absolute Gasteiger partial charge is 0.381 e. The predicted molar refractivity (Wildman–Crippen MR) is 64.8 cm³/mol. The van der Waals surface area contributed by atoms with Crippen molar-refractivity contribution in [1.29, 1.82) is 0 Å². The number of piperazine rings is 1. The van der Waals surface area contributed by atoms with Gasteiger partial charge in [0.1, 0.15) is 12.1 Å². The molecule has 2 amide bonds. The predicted octanol–water partition coefficient (Wildman–Crippen LogP) is 0.148. The van der Waals surface area contributed by atoms with Crippen LogP contribution in [0.4, 0.5) is 0 Å². The number of nitrogens with one attached hydrogen (secondary N) is 1. The summed E-state index contributed by atoms with van der Waals surface area (Å²) in [4.78, 5) is 26.1. The average Bonchev–Trinajstić information content (AvgIpc) is 3.07. The molecule has 0 aromatic carbocycles. The number of rotatable bonds is 3. The van der Waals surface area contributed by atoms with E-state index in [1.807, 2.05) is 6.92 Å². The maximum Gasteiger partial charge on any atom is 0.246 e. The standard InChI is InChI=1S/C13H20N2O3/c1-8-12(16)14-11(10-2-3-10)13(17)15(8)6-9-4-5-18-7-9/h8-11H,2-7H2,1H3,(H,14,16). The van der Waals surface area contributed by atoms with Crippen LogP contribution in [0.25, 0.3) is 0 Å². The van der Waals surface area contributed by atoms with Gasteiger partial charge in [-0.2, -0.15) is 0 Å². The first-order chi connectivity index (χ1) is 8.66. The van der Waals surface area contributed by atoms with E-state index in [9.17, 15) is 9.59 Å². The molecule has 0 radical (unpaired) electrons. The minimum atomic E-state index is -0.340. The lowest BCUT2D eigenvalue weighted by atomic mass is 10.0. The normalized spacial score (nSPS) is 36.9. The molecule has 2 heterocycles. The van der Waals surface area contributed by atoms with Gasteiger partial charge < -0.3 is 15.0 Å². The van der Waals surface area contributed by atoms with Gasteiger partial charge in [0.2, 0.25) is 11.8 Å². The van der Waals surface area contributed by atoms with Crippen molar-refractivity contribution in [3.63, 3.8) is 0 Å². The van der Waals surface area contributed by atoms with Crippen LogP contribution in [0.2, 0.25) is 0 Å².